The summed E-state index contributed by atoms with van der Waals surface area (Å²) in [5.74, 6) is -0.230. The van der Waals surface area contributed by atoms with E-state index in [1.54, 1.807) is 24.3 Å². The molecule has 29 heavy (non-hydrogen) atoms. The third-order valence-electron chi connectivity index (χ3n) is 4.04. The van der Waals surface area contributed by atoms with E-state index in [0.29, 0.717) is 11.3 Å². The van der Waals surface area contributed by atoms with Crippen LogP contribution in [0.1, 0.15) is 22.3 Å². The summed E-state index contributed by atoms with van der Waals surface area (Å²) in [6.07, 6.45) is -0.804. The van der Waals surface area contributed by atoms with Crippen LogP contribution in [-0.4, -0.2) is 44.8 Å². The van der Waals surface area contributed by atoms with Crippen molar-refractivity contribution in [3.63, 3.8) is 0 Å². The number of carbonyl (C=O) groups is 3. The molecule has 2 rings (SSSR count). The van der Waals surface area contributed by atoms with E-state index in [0.717, 1.165) is 5.56 Å². The molecule has 0 heterocycles. The lowest BCUT2D eigenvalue weighted by atomic mass is 10.1. The van der Waals surface area contributed by atoms with Crippen LogP contribution in [0.2, 0.25) is 0 Å². The van der Waals surface area contributed by atoms with Crippen LogP contribution in [0.3, 0.4) is 0 Å². The van der Waals surface area contributed by atoms with E-state index in [2.05, 4.69) is 15.4 Å². The Bertz CT molecular complexity index is 808. The molecule has 0 unspecified atom stereocenters. The smallest absolute Gasteiger partial charge is 0.407 e. The van der Waals surface area contributed by atoms with Gasteiger partial charge < -0.3 is 24.8 Å². The predicted molar refractivity (Wildman–Crippen MR) is 106 cm³/mol. The zero-order chi connectivity index (χ0) is 21.1. The van der Waals surface area contributed by atoms with E-state index in [9.17, 15) is 14.4 Å². The van der Waals surface area contributed by atoms with Gasteiger partial charge in [-0.3, -0.25) is 9.59 Å². The van der Waals surface area contributed by atoms with Crippen LogP contribution in [0.15, 0.2) is 54.6 Å². The van der Waals surface area contributed by atoms with Crippen molar-refractivity contribution in [2.75, 3.05) is 20.8 Å². The van der Waals surface area contributed by atoms with Gasteiger partial charge in [0.15, 0.2) is 0 Å². The molecule has 154 valence electrons. The van der Waals surface area contributed by atoms with Gasteiger partial charge in [-0.1, -0.05) is 30.3 Å². The molecule has 8 nitrogen and oxygen atoms in total. The summed E-state index contributed by atoms with van der Waals surface area (Å²) >= 11 is 0. The van der Waals surface area contributed by atoms with E-state index < -0.39 is 18.1 Å². The zero-order valence-electron chi connectivity index (χ0n) is 16.3. The average Bonchev–Trinajstić information content (AvgIpc) is 2.76. The normalized spacial score (nSPS) is 11.1. The first-order chi connectivity index (χ1) is 14.0. The summed E-state index contributed by atoms with van der Waals surface area (Å²) < 4.78 is 14.9. The number of methoxy groups -OCH3 is 2. The Morgan fingerprint density at radius 1 is 0.966 bits per heavy atom. The molecule has 2 aromatic rings. The molecule has 0 aliphatic carbocycles. The van der Waals surface area contributed by atoms with Crippen LogP contribution in [0.5, 0.6) is 5.75 Å². The van der Waals surface area contributed by atoms with E-state index in [1.165, 1.54) is 14.2 Å². The second kappa shape index (κ2) is 11.3. The lowest BCUT2D eigenvalue weighted by Crippen LogP contribution is -2.45. The van der Waals surface area contributed by atoms with Crippen LogP contribution < -0.4 is 15.4 Å². The van der Waals surface area contributed by atoms with E-state index in [-0.39, 0.29) is 25.5 Å². The van der Waals surface area contributed by atoms with Crippen molar-refractivity contribution in [1.82, 2.24) is 10.6 Å². The lowest BCUT2D eigenvalue weighted by Gasteiger charge is -2.18. The number of nitrogens with one attached hydrogen (secondary N) is 2. The van der Waals surface area contributed by atoms with Crippen LogP contribution >= 0.6 is 0 Å². The summed E-state index contributed by atoms with van der Waals surface area (Å²) in [4.78, 5) is 36.0. The Hall–Kier alpha value is -3.55. The third-order valence-corrected chi connectivity index (χ3v) is 4.04. The Morgan fingerprint density at radius 3 is 2.28 bits per heavy atom. The number of esters is 1. The molecule has 2 N–H and O–H groups in total. The molecule has 0 aliphatic rings. The van der Waals surface area contributed by atoms with Crippen LogP contribution in [0, 0.1) is 0 Å². The maximum absolute atomic E-state index is 12.3. The molecule has 0 fully saturated rings. The first kappa shape index (κ1) is 21.7. The minimum Gasteiger partial charge on any atom is -0.497 e. The van der Waals surface area contributed by atoms with Gasteiger partial charge in [-0.25, -0.2) is 4.79 Å². The van der Waals surface area contributed by atoms with E-state index >= 15 is 0 Å². The van der Waals surface area contributed by atoms with Gasteiger partial charge in [-0.15, -0.1) is 0 Å². The fourth-order valence-electron chi connectivity index (χ4n) is 2.45. The fraction of sp³-hybridized carbons (Fsp3) is 0.286. The first-order valence-corrected chi connectivity index (χ1v) is 8.98. The van der Waals surface area contributed by atoms with E-state index in [4.69, 9.17) is 9.47 Å². The van der Waals surface area contributed by atoms with Crippen LogP contribution in [0.4, 0.5) is 4.79 Å². The van der Waals surface area contributed by atoms with Gasteiger partial charge in [0, 0.05) is 12.1 Å². The van der Waals surface area contributed by atoms with Gasteiger partial charge in [0.05, 0.1) is 26.7 Å². The predicted octanol–water partition coefficient (Wildman–Crippen LogP) is 2.28. The van der Waals surface area contributed by atoms with Crippen molar-refractivity contribution in [3.8, 4) is 5.75 Å². The average molecular weight is 400 g/mol. The first-order valence-electron chi connectivity index (χ1n) is 8.98. The topological polar surface area (TPSA) is 103 Å². The largest absolute Gasteiger partial charge is 0.497 e. The number of hydrogen-bond acceptors (Lipinski definition) is 6. The maximum atomic E-state index is 12.3. The minimum atomic E-state index is -0.693. The summed E-state index contributed by atoms with van der Waals surface area (Å²) in [6, 6.07) is 15.1. The molecule has 0 aromatic heterocycles. The summed E-state index contributed by atoms with van der Waals surface area (Å²) in [5, 5.41) is 5.27. The van der Waals surface area contributed by atoms with Crippen molar-refractivity contribution >= 4 is 18.0 Å². The highest BCUT2D eigenvalue weighted by atomic mass is 16.5. The van der Waals surface area contributed by atoms with Crippen molar-refractivity contribution in [2.45, 2.75) is 19.1 Å². The highest BCUT2D eigenvalue weighted by Crippen LogP contribution is 2.11. The van der Waals surface area contributed by atoms with Gasteiger partial charge in [0.1, 0.15) is 12.4 Å². The quantitative estimate of drug-likeness (QED) is 0.626. The van der Waals surface area contributed by atoms with E-state index in [1.807, 2.05) is 30.3 Å². The van der Waals surface area contributed by atoms with Crippen LogP contribution in [0.25, 0.3) is 0 Å². The molecular formula is C21H24N2O6. The summed E-state index contributed by atoms with van der Waals surface area (Å²) in [5.41, 5.74) is 1.26. The van der Waals surface area contributed by atoms with Crippen molar-refractivity contribution in [1.29, 1.82) is 0 Å². The van der Waals surface area contributed by atoms with Crippen molar-refractivity contribution in [2.24, 2.45) is 0 Å². The molecular weight excluding hydrogens is 376 g/mol. The number of carbonyl (C=O) groups excluding carboxylic acids is 3. The number of rotatable bonds is 9. The van der Waals surface area contributed by atoms with Gasteiger partial charge in [0.25, 0.3) is 5.91 Å². The van der Waals surface area contributed by atoms with Crippen molar-refractivity contribution < 1.29 is 28.6 Å². The summed E-state index contributed by atoms with van der Waals surface area (Å²) in [6.45, 7) is 0.121. The zero-order valence-corrected chi connectivity index (χ0v) is 16.3. The summed E-state index contributed by atoms with van der Waals surface area (Å²) in [7, 11) is 2.79. The number of alkyl carbamates (subject to hydrolysis) is 1. The number of amides is 2. The number of benzene rings is 2. The molecule has 1 atom stereocenters. The molecule has 8 heteroatoms. The highest BCUT2D eigenvalue weighted by molar-refractivity contribution is 5.94. The fourth-order valence-corrected chi connectivity index (χ4v) is 2.45. The number of ether oxygens (including phenoxy) is 3. The minimum absolute atomic E-state index is 0.0282. The Morgan fingerprint density at radius 2 is 1.66 bits per heavy atom. The van der Waals surface area contributed by atoms with Gasteiger partial charge in [-0.2, -0.15) is 0 Å². The second-order valence-corrected chi connectivity index (χ2v) is 6.12. The van der Waals surface area contributed by atoms with Gasteiger partial charge in [-0.05, 0) is 29.8 Å². The second-order valence-electron chi connectivity index (χ2n) is 6.12. The molecule has 0 spiro atoms. The Kier molecular flexibility index (Phi) is 8.50. The van der Waals surface area contributed by atoms with Gasteiger partial charge >= 0.3 is 12.1 Å². The Labute approximate surface area is 169 Å². The number of hydrogen-bond donors (Lipinski definition) is 2. The lowest BCUT2D eigenvalue weighted by molar-refractivity contribution is -0.141. The molecule has 2 aromatic carbocycles. The molecule has 2 amide bonds. The Balaban J connectivity index is 1.89. The molecule has 0 saturated carbocycles. The molecule has 0 bridgehead atoms. The third kappa shape index (κ3) is 7.53. The molecule has 0 saturated heterocycles. The maximum Gasteiger partial charge on any atom is 0.407 e. The molecule has 0 aliphatic heterocycles. The molecule has 0 radical (unpaired) electrons. The highest BCUT2D eigenvalue weighted by Gasteiger charge is 2.19. The van der Waals surface area contributed by atoms with Gasteiger partial charge in [0.2, 0.25) is 0 Å². The monoisotopic (exact) mass is 400 g/mol. The standard InChI is InChI=1S/C21H24N2O6/c1-27-18-10-8-16(9-11-18)20(25)22-13-17(12-19(24)28-2)23-21(26)29-14-15-6-4-3-5-7-15/h3-11,17H,12-14H2,1-2H3,(H,22,25)(H,23,26)/t17-/m1/s1. The van der Waals surface area contributed by atoms with Crippen LogP contribution in [-0.2, 0) is 20.9 Å². The van der Waals surface area contributed by atoms with Crippen molar-refractivity contribution in [3.05, 3.63) is 65.7 Å². The SMILES string of the molecule is COC(=O)C[C@H](CNC(=O)c1ccc(OC)cc1)NC(=O)OCc1ccccc1.